The molecule has 0 saturated heterocycles. The summed E-state index contributed by atoms with van der Waals surface area (Å²) in [6.07, 6.45) is 1.64. The van der Waals surface area contributed by atoms with E-state index in [0.717, 1.165) is 10.9 Å². The van der Waals surface area contributed by atoms with E-state index in [-0.39, 0.29) is 0 Å². The zero-order valence-corrected chi connectivity index (χ0v) is 16.4. The fourth-order valence-corrected chi connectivity index (χ4v) is 3.56. The average Bonchev–Trinajstić information content (AvgIpc) is 3.33. The van der Waals surface area contributed by atoms with Crippen molar-refractivity contribution in [1.82, 2.24) is 20.2 Å². The number of ether oxygens (including phenoxy) is 2. The summed E-state index contributed by atoms with van der Waals surface area (Å²) >= 11 is 12.4. The van der Waals surface area contributed by atoms with Crippen LogP contribution >= 0.6 is 23.2 Å². The first kappa shape index (κ1) is 18.3. The summed E-state index contributed by atoms with van der Waals surface area (Å²) in [7, 11) is 2.87. The fraction of sp³-hybridized carbons (Fsp3) is 0.105. The molecule has 0 saturated carbocycles. The Morgan fingerprint density at radius 1 is 1.14 bits per heavy atom. The molecule has 28 heavy (non-hydrogen) atoms. The van der Waals surface area contributed by atoms with Crippen molar-refractivity contribution < 1.29 is 14.3 Å². The minimum absolute atomic E-state index is 0.397. The molecule has 2 aromatic carbocycles. The summed E-state index contributed by atoms with van der Waals surface area (Å²) in [5.41, 5.74) is 3.10. The third-order valence-corrected chi connectivity index (χ3v) is 4.79. The maximum atomic E-state index is 11.8. The molecule has 0 spiro atoms. The fourth-order valence-electron chi connectivity index (χ4n) is 2.99. The molecule has 4 rings (SSSR count). The highest BCUT2D eigenvalue weighted by Crippen LogP contribution is 2.39. The van der Waals surface area contributed by atoms with E-state index < -0.39 is 5.97 Å². The Hall–Kier alpha value is -3.03. The third-order valence-electron chi connectivity index (χ3n) is 4.29. The second kappa shape index (κ2) is 7.18. The van der Waals surface area contributed by atoms with Gasteiger partial charge in [0, 0.05) is 16.0 Å². The van der Waals surface area contributed by atoms with Crippen molar-refractivity contribution in [3.05, 3.63) is 52.1 Å². The summed E-state index contributed by atoms with van der Waals surface area (Å²) in [6.45, 7) is 0. The van der Waals surface area contributed by atoms with Gasteiger partial charge in [-0.3, -0.25) is 5.10 Å². The zero-order chi connectivity index (χ0) is 19.8. The Labute approximate surface area is 169 Å². The number of H-pyrrole nitrogens is 2. The van der Waals surface area contributed by atoms with Crippen LogP contribution in [0.3, 0.4) is 0 Å². The third kappa shape index (κ3) is 3.08. The lowest BCUT2D eigenvalue weighted by Crippen LogP contribution is -2.00. The number of carbonyl (C=O) groups excluding carboxylic acids is 1. The van der Waals surface area contributed by atoms with Crippen LogP contribution in [-0.4, -0.2) is 40.4 Å². The van der Waals surface area contributed by atoms with Gasteiger partial charge in [-0.15, -0.1) is 0 Å². The molecule has 4 aromatic rings. The van der Waals surface area contributed by atoms with Crippen LogP contribution in [0.2, 0.25) is 10.0 Å². The van der Waals surface area contributed by atoms with Gasteiger partial charge < -0.3 is 14.5 Å². The lowest BCUT2D eigenvalue weighted by molar-refractivity contribution is 0.0601. The number of carbonyl (C=O) groups is 1. The highest BCUT2D eigenvalue weighted by Gasteiger charge is 2.18. The van der Waals surface area contributed by atoms with E-state index >= 15 is 0 Å². The van der Waals surface area contributed by atoms with E-state index in [1.54, 1.807) is 36.5 Å². The smallest absolute Gasteiger partial charge is 0.337 e. The number of fused-ring (bicyclic) bond motifs is 1. The minimum atomic E-state index is -0.424. The van der Waals surface area contributed by atoms with Gasteiger partial charge in [0.1, 0.15) is 11.4 Å². The lowest BCUT2D eigenvalue weighted by Gasteiger charge is -2.09. The first-order valence-electron chi connectivity index (χ1n) is 8.17. The molecule has 142 valence electrons. The first-order valence-corrected chi connectivity index (χ1v) is 8.92. The molecule has 0 fully saturated rings. The average molecular weight is 417 g/mol. The Morgan fingerprint density at radius 2 is 1.96 bits per heavy atom. The molecule has 9 heteroatoms. The van der Waals surface area contributed by atoms with E-state index in [1.807, 2.05) is 0 Å². The number of hydrogen-bond acceptors (Lipinski definition) is 5. The van der Waals surface area contributed by atoms with Gasteiger partial charge in [-0.1, -0.05) is 23.2 Å². The van der Waals surface area contributed by atoms with Crippen LogP contribution in [0.15, 0.2) is 36.5 Å². The number of nitrogens with zero attached hydrogens (tertiary/aromatic N) is 2. The quantitative estimate of drug-likeness (QED) is 0.469. The van der Waals surface area contributed by atoms with Crippen LogP contribution < -0.4 is 4.74 Å². The van der Waals surface area contributed by atoms with Crippen molar-refractivity contribution in [1.29, 1.82) is 0 Å². The van der Waals surface area contributed by atoms with E-state index in [4.69, 9.17) is 32.7 Å². The Morgan fingerprint density at radius 3 is 2.71 bits per heavy atom. The maximum Gasteiger partial charge on any atom is 0.337 e. The lowest BCUT2D eigenvalue weighted by atomic mass is 10.1. The second-order valence-electron chi connectivity index (χ2n) is 5.94. The van der Waals surface area contributed by atoms with Gasteiger partial charge in [-0.25, -0.2) is 9.78 Å². The van der Waals surface area contributed by atoms with Crippen molar-refractivity contribution in [3.63, 3.8) is 0 Å². The number of esters is 1. The van der Waals surface area contributed by atoms with Gasteiger partial charge in [-0.2, -0.15) is 5.10 Å². The number of aromatic nitrogens is 4. The van der Waals surface area contributed by atoms with Crippen LogP contribution in [0.5, 0.6) is 5.75 Å². The molecule has 2 heterocycles. The van der Waals surface area contributed by atoms with E-state index in [9.17, 15) is 4.79 Å². The van der Waals surface area contributed by atoms with Crippen LogP contribution in [0.1, 0.15) is 10.4 Å². The topological polar surface area (TPSA) is 92.9 Å². The number of imidazole rings is 1. The van der Waals surface area contributed by atoms with E-state index in [2.05, 4.69) is 20.2 Å². The van der Waals surface area contributed by atoms with Gasteiger partial charge >= 0.3 is 5.97 Å². The van der Waals surface area contributed by atoms with Crippen molar-refractivity contribution in [2.45, 2.75) is 0 Å². The van der Waals surface area contributed by atoms with Crippen molar-refractivity contribution in [3.8, 4) is 28.5 Å². The van der Waals surface area contributed by atoms with Crippen LogP contribution in [-0.2, 0) is 4.74 Å². The summed E-state index contributed by atoms with van der Waals surface area (Å²) in [5.74, 6) is 0.579. The van der Waals surface area contributed by atoms with Gasteiger partial charge in [0.2, 0.25) is 0 Å². The SMILES string of the molecule is COC(=O)c1ccc2[nH]nc(-c3ncc(-c4cc(Cl)cc(Cl)c4OC)[nH]3)c2c1. The summed E-state index contributed by atoms with van der Waals surface area (Å²) in [6, 6.07) is 8.49. The Balaban J connectivity index is 1.81. The van der Waals surface area contributed by atoms with Gasteiger partial charge in [-0.05, 0) is 30.3 Å². The predicted octanol–water partition coefficient (Wildman–Crippen LogP) is 4.72. The Bertz CT molecular complexity index is 1200. The number of nitrogens with one attached hydrogen (secondary N) is 2. The van der Waals surface area contributed by atoms with Gasteiger partial charge in [0.15, 0.2) is 5.82 Å². The molecule has 0 aliphatic rings. The van der Waals surface area contributed by atoms with Gasteiger partial charge in [0.05, 0.1) is 42.2 Å². The molecule has 0 bridgehead atoms. The van der Waals surface area contributed by atoms with Crippen LogP contribution in [0.25, 0.3) is 33.7 Å². The number of benzene rings is 2. The molecule has 0 aliphatic heterocycles. The molecular weight excluding hydrogens is 403 g/mol. The monoisotopic (exact) mass is 416 g/mol. The molecule has 2 N–H and O–H groups in total. The molecule has 0 amide bonds. The summed E-state index contributed by atoms with van der Waals surface area (Å²) in [4.78, 5) is 19.5. The minimum Gasteiger partial charge on any atom is -0.494 e. The van der Waals surface area contributed by atoms with Crippen molar-refractivity contribution >= 4 is 40.1 Å². The van der Waals surface area contributed by atoms with E-state index in [1.165, 1.54) is 14.2 Å². The predicted molar refractivity (Wildman–Crippen MR) is 107 cm³/mol. The zero-order valence-electron chi connectivity index (χ0n) is 14.8. The Kier molecular flexibility index (Phi) is 4.70. The highest BCUT2D eigenvalue weighted by molar-refractivity contribution is 6.36. The van der Waals surface area contributed by atoms with Crippen molar-refractivity contribution in [2.24, 2.45) is 0 Å². The van der Waals surface area contributed by atoms with Gasteiger partial charge in [0.25, 0.3) is 0 Å². The molecular formula is C19H14Cl2N4O3. The summed E-state index contributed by atoms with van der Waals surface area (Å²) < 4.78 is 10.2. The molecule has 0 radical (unpaired) electrons. The largest absolute Gasteiger partial charge is 0.494 e. The number of methoxy groups -OCH3 is 2. The molecule has 0 unspecified atom stereocenters. The normalized spacial score (nSPS) is 11.0. The second-order valence-corrected chi connectivity index (χ2v) is 6.78. The number of aromatic amines is 2. The first-order chi connectivity index (χ1) is 13.5. The molecule has 0 atom stereocenters. The van der Waals surface area contributed by atoms with Crippen molar-refractivity contribution in [2.75, 3.05) is 14.2 Å². The maximum absolute atomic E-state index is 11.8. The molecule has 0 aliphatic carbocycles. The summed E-state index contributed by atoms with van der Waals surface area (Å²) in [5, 5.41) is 8.86. The van der Waals surface area contributed by atoms with Crippen LogP contribution in [0, 0.1) is 0 Å². The van der Waals surface area contributed by atoms with E-state index in [0.29, 0.717) is 44.1 Å². The number of halogens is 2. The highest BCUT2D eigenvalue weighted by atomic mass is 35.5. The standard InChI is InChI=1S/C19H14Cl2N4O3/c1-27-17-12(6-10(20)7-13(17)21)15-8-22-18(23-15)16-11-5-9(19(26)28-2)3-4-14(11)24-25-16/h3-8H,1-2H3,(H,22,23)(H,24,25). The molecule has 2 aromatic heterocycles. The molecule has 7 nitrogen and oxygen atoms in total. The number of rotatable bonds is 4. The van der Waals surface area contributed by atoms with Crippen LogP contribution in [0.4, 0.5) is 0 Å². The number of hydrogen-bond donors (Lipinski definition) is 2.